The van der Waals surface area contributed by atoms with E-state index in [1.807, 2.05) is 26.0 Å². The molecule has 0 aliphatic carbocycles. The lowest BCUT2D eigenvalue weighted by atomic mass is 9.95. The molecule has 0 bridgehead atoms. The van der Waals surface area contributed by atoms with Gasteiger partial charge in [0.1, 0.15) is 17.0 Å². The zero-order chi connectivity index (χ0) is 22.0. The van der Waals surface area contributed by atoms with Crippen molar-refractivity contribution >= 4 is 28.7 Å². The molecule has 30 heavy (non-hydrogen) atoms. The first-order valence-corrected chi connectivity index (χ1v) is 9.72. The summed E-state index contributed by atoms with van der Waals surface area (Å²) in [5.74, 6) is -1.88. The highest BCUT2D eigenvalue weighted by atomic mass is 16.4. The molecule has 3 rings (SSSR count). The normalized spacial score (nSPS) is 12.0. The summed E-state index contributed by atoms with van der Waals surface area (Å²) in [7, 11) is 1.44. The third-order valence-electron chi connectivity index (χ3n) is 5.23. The summed E-state index contributed by atoms with van der Waals surface area (Å²) in [4.78, 5) is 41.0. The molecule has 4 N–H and O–H groups in total. The quantitative estimate of drug-likeness (QED) is 0.575. The minimum atomic E-state index is -0.858. The molecule has 1 aromatic carbocycles. The molecule has 0 aliphatic rings. The summed E-state index contributed by atoms with van der Waals surface area (Å²) in [6, 6.07) is 10.5. The molecule has 1 amide bonds. The molecule has 156 valence electrons. The van der Waals surface area contributed by atoms with Gasteiger partial charge in [-0.25, -0.2) is 4.98 Å². The Balaban J connectivity index is 2.15. The van der Waals surface area contributed by atoms with E-state index in [1.54, 1.807) is 28.8 Å². The van der Waals surface area contributed by atoms with Crippen molar-refractivity contribution < 1.29 is 14.7 Å². The van der Waals surface area contributed by atoms with Crippen LogP contribution in [0.25, 0.3) is 22.3 Å². The minimum absolute atomic E-state index is 0.0709. The molecule has 3 aromatic rings. The fourth-order valence-electron chi connectivity index (χ4n) is 3.60. The Morgan fingerprint density at radius 2 is 1.83 bits per heavy atom. The van der Waals surface area contributed by atoms with Gasteiger partial charge in [0, 0.05) is 19.2 Å². The number of hydrogen-bond acceptors (Lipinski definition) is 5. The molecule has 8 heteroatoms. The molecule has 0 fully saturated rings. The van der Waals surface area contributed by atoms with Crippen LogP contribution in [0.1, 0.15) is 42.1 Å². The van der Waals surface area contributed by atoms with Crippen molar-refractivity contribution in [2.75, 3.05) is 12.8 Å². The van der Waals surface area contributed by atoms with Gasteiger partial charge < -0.3 is 20.7 Å². The van der Waals surface area contributed by atoms with E-state index in [4.69, 9.17) is 5.73 Å². The van der Waals surface area contributed by atoms with Crippen LogP contribution in [0, 0.1) is 0 Å². The van der Waals surface area contributed by atoms with E-state index < -0.39 is 23.2 Å². The number of carbonyl (C=O) groups excluding carboxylic acids is 1. The van der Waals surface area contributed by atoms with Crippen LogP contribution in [-0.4, -0.2) is 33.6 Å². The molecular weight excluding hydrogens is 384 g/mol. The Kier molecular flexibility index (Phi) is 5.86. The maximum absolute atomic E-state index is 12.8. The van der Waals surface area contributed by atoms with E-state index in [9.17, 15) is 19.5 Å². The topological polar surface area (TPSA) is 127 Å². The van der Waals surface area contributed by atoms with Gasteiger partial charge in [-0.15, -0.1) is 0 Å². The summed E-state index contributed by atoms with van der Waals surface area (Å²) in [5.41, 5.74) is 8.09. The number of hydrogen-bond donors (Lipinski definition) is 3. The molecule has 2 heterocycles. The Morgan fingerprint density at radius 3 is 2.37 bits per heavy atom. The van der Waals surface area contributed by atoms with Gasteiger partial charge in [0.25, 0.3) is 5.91 Å². The fourth-order valence-corrected chi connectivity index (χ4v) is 3.60. The average molecular weight is 408 g/mol. The summed E-state index contributed by atoms with van der Waals surface area (Å²) >= 11 is 0. The Morgan fingerprint density at radius 1 is 1.17 bits per heavy atom. The minimum Gasteiger partial charge on any atom is -0.481 e. The third-order valence-corrected chi connectivity index (χ3v) is 5.23. The predicted molar refractivity (Wildman–Crippen MR) is 116 cm³/mol. The SMILES string of the molecule is CCC(C(=O)O)c1ccc(-c2ccc3c(=O)c(C(=O)NC)c(N)n(CC)c3n2)cc1. The van der Waals surface area contributed by atoms with Crippen LogP contribution < -0.4 is 16.5 Å². The van der Waals surface area contributed by atoms with Crippen molar-refractivity contribution in [2.45, 2.75) is 32.7 Å². The van der Waals surface area contributed by atoms with Gasteiger partial charge in [-0.2, -0.15) is 0 Å². The van der Waals surface area contributed by atoms with Gasteiger partial charge in [0.15, 0.2) is 0 Å². The number of fused-ring (bicyclic) bond motifs is 1. The van der Waals surface area contributed by atoms with Crippen molar-refractivity contribution in [3.63, 3.8) is 0 Å². The maximum atomic E-state index is 12.8. The van der Waals surface area contributed by atoms with Crippen LogP contribution in [-0.2, 0) is 11.3 Å². The second-order valence-electron chi connectivity index (χ2n) is 6.90. The number of carbonyl (C=O) groups is 2. The average Bonchev–Trinajstić information content (AvgIpc) is 2.74. The molecule has 1 unspecified atom stereocenters. The lowest BCUT2D eigenvalue weighted by molar-refractivity contribution is -0.138. The molecule has 0 spiro atoms. The zero-order valence-corrected chi connectivity index (χ0v) is 17.1. The summed E-state index contributed by atoms with van der Waals surface area (Å²) in [5, 5.41) is 12.1. The maximum Gasteiger partial charge on any atom is 0.310 e. The van der Waals surface area contributed by atoms with Crippen LogP contribution in [0.15, 0.2) is 41.2 Å². The van der Waals surface area contributed by atoms with Crippen molar-refractivity contribution in [1.29, 1.82) is 0 Å². The van der Waals surface area contributed by atoms with Crippen LogP contribution in [0.5, 0.6) is 0 Å². The fraction of sp³-hybridized carbons (Fsp3) is 0.273. The third kappa shape index (κ3) is 3.52. The number of nitrogen functional groups attached to an aromatic ring is 1. The van der Waals surface area contributed by atoms with Crippen LogP contribution >= 0.6 is 0 Å². The molecule has 2 aromatic heterocycles. The lowest BCUT2D eigenvalue weighted by Gasteiger charge is -2.16. The number of nitrogens with two attached hydrogens (primary N) is 1. The van der Waals surface area contributed by atoms with Gasteiger partial charge in [0.05, 0.1) is 17.0 Å². The number of aromatic nitrogens is 2. The number of aryl methyl sites for hydroxylation is 1. The molecule has 0 saturated heterocycles. The number of nitrogens with zero attached hydrogens (tertiary/aromatic N) is 2. The number of benzene rings is 1. The number of anilines is 1. The molecule has 0 saturated carbocycles. The number of amides is 1. The second-order valence-corrected chi connectivity index (χ2v) is 6.90. The molecular formula is C22H24N4O4. The number of carboxylic acid groups (broad SMARTS) is 1. The van der Waals surface area contributed by atoms with Crippen LogP contribution in [0.4, 0.5) is 5.82 Å². The molecule has 0 aliphatic heterocycles. The summed E-state index contributed by atoms with van der Waals surface area (Å²) in [6.45, 7) is 4.12. The van der Waals surface area contributed by atoms with Crippen molar-refractivity contribution in [3.05, 3.63) is 57.7 Å². The molecule has 0 radical (unpaired) electrons. The first-order valence-electron chi connectivity index (χ1n) is 9.72. The van der Waals surface area contributed by atoms with Gasteiger partial charge in [-0.05, 0) is 31.0 Å². The first-order chi connectivity index (χ1) is 14.3. The lowest BCUT2D eigenvalue weighted by Crippen LogP contribution is -2.30. The van der Waals surface area contributed by atoms with Gasteiger partial charge in [-0.3, -0.25) is 14.4 Å². The van der Waals surface area contributed by atoms with E-state index in [1.165, 1.54) is 7.05 Å². The van der Waals surface area contributed by atoms with E-state index >= 15 is 0 Å². The number of nitrogens with one attached hydrogen (secondary N) is 1. The second kappa shape index (κ2) is 8.36. The highest BCUT2D eigenvalue weighted by Crippen LogP contribution is 2.26. The monoisotopic (exact) mass is 408 g/mol. The van der Waals surface area contributed by atoms with Crippen molar-refractivity contribution in [1.82, 2.24) is 14.9 Å². The smallest absolute Gasteiger partial charge is 0.310 e. The summed E-state index contributed by atoms with van der Waals surface area (Å²) < 4.78 is 1.64. The Hall–Kier alpha value is -3.68. The van der Waals surface area contributed by atoms with Gasteiger partial charge in [-0.1, -0.05) is 31.2 Å². The van der Waals surface area contributed by atoms with E-state index in [0.29, 0.717) is 29.7 Å². The largest absolute Gasteiger partial charge is 0.481 e. The van der Waals surface area contributed by atoms with E-state index in [0.717, 1.165) is 11.1 Å². The van der Waals surface area contributed by atoms with Crippen LogP contribution in [0.2, 0.25) is 0 Å². The van der Waals surface area contributed by atoms with Crippen LogP contribution in [0.3, 0.4) is 0 Å². The number of aliphatic carboxylic acids is 1. The van der Waals surface area contributed by atoms with Crippen molar-refractivity contribution in [3.8, 4) is 11.3 Å². The number of carboxylic acids is 1. The van der Waals surface area contributed by atoms with E-state index in [2.05, 4.69) is 10.3 Å². The highest BCUT2D eigenvalue weighted by molar-refractivity contribution is 6.01. The summed E-state index contributed by atoms with van der Waals surface area (Å²) in [6.07, 6.45) is 0.499. The predicted octanol–water partition coefficient (Wildman–Crippen LogP) is 2.60. The Bertz CT molecular complexity index is 1180. The Labute approximate surface area is 173 Å². The van der Waals surface area contributed by atoms with Gasteiger partial charge >= 0.3 is 5.97 Å². The van der Waals surface area contributed by atoms with Crippen molar-refractivity contribution in [2.24, 2.45) is 0 Å². The van der Waals surface area contributed by atoms with E-state index in [-0.39, 0.29) is 11.4 Å². The van der Waals surface area contributed by atoms with Gasteiger partial charge in [0.2, 0.25) is 5.43 Å². The zero-order valence-electron chi connectivity index (χ0n) is 17.1. The number of pyridine rings is 2. The standard InChI is InChI=1S/C22H24N4O4/c1-4-14(22(29)30)12-6-8-13(9-7-12)16-11-10-15-18(27)17(21(28)24-3)19(23)26(5-2)20(15)25-16/h6-11,14H,4-5,23H2,1-3H3,(H,24,28)(H,29,30). The number of rotatable bonds is 6. The highest BCUT2D eigenvalue weighted by Gasteiger charge is 2.21. The molecule has 1 atom stereocenters. The molecule has 8 nitrogen and oxygen atoms in total. The first kappa shape index (κ1) is 21.0.